The zero-order valence-electron chi connectivity index (χ0n) is 14.8. The first-order valence-corrected chi connectivity index (χ1v) is 8.72. The third kappa shape index (κ3) is 4.43. The molecule has 0 atom stereocenters. The van der Waals surface area contributed by atoms with Crippen molar-refractivity contribution in [2.75, 3.05) is 36.4 Å². The van der Waals surface area contributed by atoms with Crippen LogP contribution < -0.4 is 10.2 Å². The van der Waals surface area contributed by atoms with Gasteiger partial charge in [0, 0.05) is 38.8 Å². The number of nitrogens with one attached hydrogen (secondary N) is 1. The van der Waals surface area contributed by atoms with E-state index in [1.807, 2.05) is 43.0 Å². The number of piperazine rings is 1. The minimum absolute atomic E-state index is 0.249. The lowest BCUT2D eigenvalue weighted by molar-refractivity contribution is -0.131. The van der Waals surface area contributed by atoms with E-state index in [-0.39, 0.29) is 5.91 Å². The number of pyridine rings is 1. The fourth-order valence-corrected chi connectivity index (χ4v) is 2.85. The number of aryl methyl sites for hydroxylation is 1. The summed E-state index contributed by atoms with van der Waals surface area (Å²) in [5.41, 5.74) is 1.14. The van der Waals surface area contributed by atoms with Gasteiger partial charge in [0.05, 0.1) is 0 Å². The molecule has 1 fully saturated rings. The number of aromatic nitrogens is 3. The van der Waals surface area contributed by atoms with Gasteiger partial charge in [-0.3, -0.25) is 4.79 Å². The SMILES string of the molecule is CCCC(=O)N1CCN(c2ccc(Nc3cc(C)ccn3)nn2)CC1. The van der Waals surface area contributed by atoms with Gasteiger partial charge in [-0.05, 0) is 43.2 Å². The van der Waals surface area contributed by atoms with Crippen molar-refractivity contribution in [2.24, 2.45) is 0 Å². The third-order valence-electron chi connectivity index (χ3n) is 4.24. The molecule has 1 amide bonds. The highest BCUT2D eigenvalue weighted by Gasteiger charge is 2.21. The quantitative estimate of drug-likeness (QED) is 0.901. The lowest BCUT2D eigenvalue weighted by Crippen LogP contribution is -2.49. The average molecular weight is 340 g/mol. The molecule has 0 saturated carbocycles. The minimum atomic E-state index is 0.249. The Balaban J connectivity index is 1.57. The molecule has 1 saturated heterocycles. The van der Waals surface area contributed by atoms with E-state index < -0.39 is 0 Å². The van der Waals surface area contributed by atoms with Crippen LogP contribution in [0.5, 0.6) is 0 Å². The second kappa shape index (κ2) is 7.92. The summed E-state index contributed by atoms with van der Waals surface area (Å²) in [6.07, 6.45) is 3.29. The summed E-state index contributed by atoms with van der Waals surface area (Å²) in [5, 5.41) is 11.7. The van der Waals surface area contributed by atoms with Crippen LogP contribution in [0.2, 0.25) is 0 Å². The Morgan fingerprint density at radius 3 is 2.56 bits per heavy atom. The van der Waals surface area contributed by atoms with Crippen LogP contribution in [0.4, 0.5) is 17.5 Å². The number of carbonyl (C=O) groups is 1. The van der Waals surface area contributed by atoms with E-state index in [0.29, 0.717) is 12.2 Å². The van der Waals surface area contributed by atoms with Crippen molar-refractivity contribution in [3.63, 3.8) is 0 Å². The predicted octanol–water partition coefficient (Wildman–Crippen LogP) is 2.37. The summed E-state index contributed by atoms with van der Waals surface area (Å²) in [7, 11) is 0. The van der Waals surface area contributed by atoms with E-state index in [1.165, 1.54) is 0 Å². The summed E-state index contributed by atoms with van der Waals surface area (Å²) in [6, 6.07) is 7.77. The van der Waals surface area contributed by atoms with Gasteiger partial charge in [-0.2, -0.15) is 0 Å². The standard InChI is InChI=1S/C18H24N6O/c1-3-4-18(25)24-11-9-23(10-12-24)17-6-5-15(21-22-17)20-16-13-14(2)7-8-19-16/h5-8,13H,3-4,9-12H2,1-2H3,(H,19,20,21). The van der Waals surface area contributed by atoms with E-state index in [0.717, 1.165) is 49.8 Å². The molecular formula is C18H24N6O. The van der Waals surface area contributed by atoms with Crippen molar-refractivity contribution in [2.45, 2.75) is 26.7 Å². The summed E-state index contributed by atoms with van der Waals surface area (Å²) >= 11 is 0. The molecule has 7 nitrogen and oxygen atoms in total. The molecule has 3 rings (SSSR count). The molecule has 0 aromatic carbocycles. The van der Waals surface area contributed by atoms with Gasteiger partial charge in [-0.1, -0.05) is 6.92 Å². The Morgan fingerprint density at radius 2 is 1.92 bits per heavy atom. The average Bonchev–Trinajstić information content (AvgIpc) is 2.63. The molecule has 1 aliphatic rings. The van der Waals surface area contributed by atoms with Crippen LogP contribution >= 0.6 is 0 Å². The summed E-state index contributed by atoms with van der Waals surface area (Å²) in [5.74, 6) is 2.51. The Hall–Kier alpha value is -2.70. The zero-order chi connectivity index (χ0) is 17.6. The first-order valence-electron chi connectivity index (χ1n) is 8.72. The van der Waals surface area contributed by atoms with Crippen LogP contribution in [0.15, 0.2) is 30.5 Å². The molecule has 2 aromatic heterocycles. The molecule has 7 heteroatoms. The largest absolute Gasteiger partial charge is 0.352 e. The monoisotopic (exact) mass is 340 g/mol. The topological polar surface area (TPSA) is 74.2 Å². The van der Waals surface area contributed by atoms with Gasteiger partial charge in [0.1, 0.15) is 5.82 Å². The molecular weight excluding hydrogens is 316 g/mol. The van der Waals surface area contributed by atoms with Gasteiger partial charge >= 0.3 is 0 Å². The van der Waals surface area contributed by atoms with Crippen molar-refractivity contribution in [1.29, 1.82) is 0 Å². The predicted molar refractivity (Wildman–Crippen MR) is 98.0 cm³/mol. The van der Waals surface area contributed by atoms with Crippen LogP contribution in [0.3, 0.4) is 0 Å². The molecule has 132 valence electrons. The molecule has 0 bridgehead atoms. The third-order valence-corrected chi connectivity index (χ3v) is 4.24. The fourth-order valence-electron chi connectivity index (χ4n) is 2.85. The number of hydrogen-bond acceptors (Lipinski definition) is 6. The zero-order valence-corrected chi connectivity index (χ0v) is 14.8. The second-order valence-corrected chi connectivity index (χ2v) is 6.24. The highest BCUT2D eigenvalue weighted by atomic mass is 16.2. The smallest absolute Gasteiger partial charge is 0.222 e. The van der Waals surface area contributed by atoms with Gasteiger partial charge < -0.3 is 15.1 Å². The molecule has 1 aliphatic heterocycles. The van der Waals surface area contributed by atoms with E-state index in [1.54, 1.807) is 6.20 Å². The molecule has 0 aliphatic carbocycles. The highest BCUT2D eigenvalue weighted by molar-refractivity contribution is 5.76. The van der Waals surface area contributed by atoms with Crippen molar-refractivity contribution in [3.8, 4) is 0 Å². The molecule has 3 heterocycles. The first kappa shape index (κ1) is 17.1. The lowest BCUT2D eigenvalue weighted by atomic mass is 10.2. The summed E-state index contributed by atoms with van der Waals surface area (Å²) < 4.78 is 0. The minimum Gasteiger partial charge on any atom is -0.352 e. The molecule has 0 spiro atoms. The normalized spacial score (nSPS) is 14.5. The van der Waals surface area contributed by atoms with Gasteiger partial charge in [-0.25, -0.2) is 4.98 Å². The number of anilines is 3. The number of amides is 1. The molecule has 0 unspecified atom stereocenters. The fraction of sp³-hybridized carbons (Fsp3) is 0.444. The first-order chi connectivity index (χ1) is 12.2. The van der Waals surface area contributed by atoms with Crippen LogP contribution in [-0.2, 0) is 4.79 Å². The molecule has 0 radical (unpaired) electrons. The van der Waals surface area contributed by atoms with Gasteiger partial charge in [0.2, 0.25) is 5.91 Å². The van der Waals surface area contributed by atoms with Gasteiger partial charge in [0.15, 0.2) is 11.6 Å². The van der Waals surface area contributed by atoms with Gasteiger partial charge in [-0.15, -0.1) is 10.2 Å². The molecule has 25 heavy (non-hydrogen) atoms. The number of hydrogen-bond donors (Lipinski definition) is 1. The molecule has 1 N–H and O–H groups in total. The van der Waals surface area contributed by atoms with Gasteiger partial charge in [0.25, 0.3) is 0 Å². The number of carbonyl (C=O) groups excluding carboxylic acids is 1. The van der Waals surface area contributed by atoms with Crippen LogP contribution in [-0.4, -0.2) is 52.2 Å². The Kier molecular flexibility index (Phi) is 5.42. The van der Waals surface area contributed by atoms with E-state index in [2.05, 4.69) is 25.4 Å². The highest BCUT2D eigenvalue weighted by Crippen LogP contribution is 2.17. The van der Waals surface area contributed by atoms with Crippen molar-refractivity contribution < 1.29 is 4.79 Å². The van der Waals surface area contributed by atoms with Crippen molar-refractivity contribution in [3.05, 3.63) is 36.0 Å². The van der Waals surface area contributed by atoms with Crippen molar-refractivity contribution >= 4 is 23.4 Å². The summed E-state index contributed by atoms with van der Waals surface area (Å²) in [6.45, 7) is 7.12. The Labute approximate surface area is 148 Å². The Bertz CT molecular complexity index is 710. The van der Waals surface area contributed by atoms with E-state index >= 15 is 0 Å². The number of nitrogens with zero attached hydrogens (tertiary/aromatic N) is 5. The van der Waals surface area contributed by atoms with E-state index in [4.69, 9.17) is 0 Å². The van der Waals surface area contributed by atoms with Crippen LogP contribution in [0, 0.1) is 6.92 Å². The van der Waals surface area contributed by atoms with Crippen molar-refractivity contribution in [1.82, 2.24) is 20.1 Å². The van der Waals surface area contributed by atoms with Crippen LogP contribution in [0.1, 0.15) is 25.3 Å². The maximum absolute atomic E-state index is 11.9. The maximum atomic E-state index is 11.9. The maximum Gasteiger partial charge on any atom is 0.222 e. The van der Waals surface area contributed by atoms with Crippen LogP contribution in [0.25, 0.3) is 0 Å². The summed E-state index contributed by atoms with van der Waals surface area (Å²) in [4.78, 5) is 20.3. The number of rotatable bonds is 5. The molecule has 2 aromatic rings. The van der Waals surface area contributed by atoms with E-state index in [9.17, 15) is 4.79 Å². The second-order valence-electron chi connectivity index (χ2n) is 6.24. The Morgan fingerprint density at radius 1 is 1.12 bits per heavy atom. The lowest BCUT2D eigenvalue weighted by Gasteiger charge is -2.35.